The van der Waals surface area contributed by atoms with Gasteiger partial charge in [-0.3, -0.25) is 4.79 Å². The molecule has 9 heteroatoms. The normalized spacial score (nSPS) is 11.2. The van der Waals surface area contributed by atoms with Crippen molar-refractivity contribution in [3.63, 3.8) is 0 Å². The molecule has 134 valence electrons. The topological polar surface area (TPSA) is 54.0 Å². The Morgan fingerprint density at radius 2 is 1.77 bits per heavy atom. The molecule has 0 radical (unpaired) electrons. The van der Waals surface area contributed by atoms with Crippen LogP contribution in [0, 0.1) is 0 Å². The van der Waals surface area contributed by atoms with Gasteiger partial charge in [-0.2, -0.15) is 13.2 Å². The van der Waals surface area contributed by atoms with Gasteiger partial charge in [-0.25, -0.2) is 4.98 Å². The largest absolute Gasteiger partial charge is 0.416 e. The maximum atomic E-state index is 12.5. The van der Waals surface area contributed by atoms with E-state index in [9.17, 15) is 18.0 Å². The zero-order chi connectivity index (χ0) is 18.7. The average molecular weight is 398 g/mol. The molecule has 2 aromatic carbocycles. The van der Waals surface area contributed by atoms with Crippen molar-refractivity contribution in [2.75, 3.05) is 10.6 Å². The van der Waals surface area contributed by atoms with E-state index in [0.717, 1.165) is 12.1 Å². The Balaban J connectivity index is 1.67. The van der Waals surface area contributed by atoms with Crippen molar-refractivity contribution in [2.24, 2.45) is 0 Å². The number of hydrogen-bond acceptors (Lipinski definition) is 4. The van der Waals surface area contributed by atoms with Gasteiger partial charge in [0.15, 0.2) is 5.13 Å². The predicted octanol–water partition coefficient (Wildman–Crippen LogP) is 5.81. The van der Waals surface area contributed by atoms with E-state index in [0.29, 0.717) is 15.8 Å². The van der Waals surface area contributed by atoms with E-state index >= 15 is 0 Å². The molecule has 0 aliphatic rings. The van der Waals surface area contributed by atoms with E-state index in [2.05, 4.69) is 15.6 Å². The maximum Gasteiger partial charge on any atom is 0.416 e. The number of benzene rings is 2. The van der Waals surface area contributed by atoms with Crippen LogP contribution in [0.25, 0.3) is 0 Å². The number of aromatic nitrogens is 1. The van der Waals surface area contributed by atoms with Crippen molar-refractivity contribution in [1.29, 1.82) is 0 Å². The molecular formula is C17H11ClF3N3OS. The van der Waals surface area contributed by atoms with Crippen molar-refractivity contribution < 1.29 is 18.0 Å². The third-order valence-electron chi connectivity index (χ3n) is 3.32. The lowest BCUT2D eigenvalue weighted by Gasteiger charge is -2.08. The van der Waals surface area contributed by atoms with Gasteiger partial charge in [0.25, 0.3) is 5.91 Å². The van der Waals surface area contributed by atoms with Gasteiger partial charge >= 0.3 is 6.18 Å². The van der Waals surface area contributed by atoms with Crippen LogP contribution in [-0.2, 0) is 6.18 Å². The molecule has 0 aliphatic carbocycles. The van der Waals surface area contributed by atoms with Crippen LogP contribution in [0.2, 0.25) is 5.02 Å². The summed E-state index contributed by atoms with van der Waals surface area (Å²) in [5.41, 5.74) is 0.259. The number of thiazole rings is 1. The Morgan fingerprint density at radius 1 is 1.08 bits per heavy atom. The zero-order valence-corrected chi connectivity index (χ0v) is 14.5. The summed E-state index contributed by atoms with van der Waals surface area (Å²) < 4.78 is 37.6. The highest BCUT2D eigenvalue weighted by atomic mass is 35.5. The van der Waals surface area contributed by atoms with Gasteiger partial charge in [0.2, 0.25) is 0 Å². The van der Waals surface area contributed by atoms with E-state index in [1.807, 2.05) is 0 Å². The SMILES string of the molecule is O=C(Nc1ccc(C(F)(F)F)cc1)c1csc(Nc2ccccc2Cl)n1. The summed E-state index contributed by atoms with van der Waals surface area (Å²) in [5, 5.41) is 8.04. The minimum atomic E-state index is -4.42. The van der Waals surface area contributed by atoms with Crippen molar-refractivity contribution in [1.82, 2.24) is 4.98 Å². The van der Waals surface area contributed by atoms with Crippen molar-refractivity contribution in [3.05, 3.63) is 70.2 Å². The second kappa shape index (κ2) is 7.35. The zero-order valence-electron chi connectivity index (χ0n) is 13.0. The number of anilines is 3. The van der Waals surface area contributed by atoms with Crippen molar-refractivity contribution >= 4 is 45.4 Å². The summed E-state index contributed by atoms with van der Waals surface area (Å²) in [7, 11) is 0. The third-order valence-corrected chi connectivity index (χ3v) is 4.41. The van der Waals surface area contributed by atoms with Crippen LogP contribution in [0.5, 0.6) is 0 Å². The molecule has 0 fully saturated rings. The lowest BCUT2D eigenvalue weighted by molar-refractivity contribution is -0.137. The average Bonchev–Trinajstić information content (AvgIpc) is 3.05. The smallest absolute Gasteiger partial charge is 0.330 e. The highest BCUT2D eigenvalue weighted by Crippen LogP contribution is 2.30. The molecular weight excluding hydrogens is 387 g/mol. The lowest BCUT2D eigenvalue weighted by Crippen LogP contribution is -2.13. The number of rotatable bonds is 4. The summed E-state index contributed by atoms with van der Waals surface area (Å²) in [5.74, 6) is -0.520. The minimum Gasteiger partial charge on any atom is -0.330 e. The fourth-order valence-electron chi connectivity index (χ4n) is 2.05. The number of halogens is 4. The molecule has 3 aromatic rings. The highest BCUT2D eigenvalue weighted by Gasteiger charge is 2.30. The standard InChI is InChI=1S/C17H11ClF3N3OS/c18-12-3-1-2-4-13(12)23-16-24-14(9-26-16)15(25)22-11-7-5-10(6-8-11)17(19,20)21/h1-9H,(H,22,25)(H,23,24). The van der Waals surface area contributed by atoms with Crippen molar-refractivity contribution in [2.45, 2.75) is 6.18 Å². The molecule has 0 saturated heterocycles. The molecule has 0 bridgehead atoms. The minimum absolute atomic E-state index is 0.143. The summed E-state index contributed by atoms with van der Waals surface area (Å²) in [6.45, 7) is 0. The van der Waals surface area contributed by atoms with Crippen LogP contribution in [-0.4, -0.2) is 10.9 Å². The molecule has 0 unspecified atom stereocenters. The Hall–Kier alpha value is -2.58. The van der Waals surface area contributed by atoms with Gasteiger partial charge in [0.05, 0.1) is 16.3 Å². The molecule has 0 aliphatic heterocycles. The first-order valence-corrected chi connectivity index (χ1v) is 8.54. The molecule has 2 N–H and O–H groups in total. The van der Waals surface area contributed by atoms with Gasteiger partial charge < -0.3 is 10.6 Å². The molecule has 0 atom stereocenters. The Morgan fingerprint density at radius 3 is 2.42 bits per heavy atom. The van der Waals surface area contributed by atoms with Gasteiger partial charge in [-0.05, 0) is 36.4 Å². The van der Waals surface area contributed by atoms with Crippen LogP contribution in [0.15, 0.2) is 53.9 Å². The molecule has 4 nitrogen and oxygen atoms in total. The number of alkyl halides is 3. The first kappa shape index (κ1) is 18.2. The van der Waals surface area contributed by atoms with Gasteiger partial charge in [-0.15, -0.1) is 11.3 Å². The number of para-hydroxylation sites is 1. The summed E-state index contributed by atoms with van der Waals surface area (Å²) >= 11 is 7.26. The van der Waals surface area contributed by atoms with E-state index < -0.39 is 17.6 Å². The molecule has 1 amide bonds. The molecule has 1 heterocycles. The monoisotopic (exact) mass is 397 g/mol. The van der Waals surface area contributed by atoms with Gasteiger partial charge in [-0.1, -0.05) is 23.7 Å². The van der Waals surface area contributed by atoms with E-state index in [-0.39, 0.29) is 11.4 Å². The summed E-state index contributed by atoms with van der Waals surface area (Å²) in [6, 6.07) is 11.3. The number of nitrogens with one attached hydrogen (secondary N) is 2. The van der Waals surface area contributed by atoms with Crippen LogP contribution < -0.4 is 10.6 Å². The number of carbonyl (C=O) groups excluding carboxylic acids is 1. The van der Waals surface area contributed by atoms with Crippen LogP contribution in [0.1, 0.15) is 16.1 Å². The van der Waals surface area contributed by atoms with Crippen LogP contribution in [0.4, 0.5) is 29.7 Å². The van der Waals surface area contributed by atoms with Gasteiger partial charge in [0.1, 0.15) is 5.69 Å². The second-order valence-corrected chi connectivity index (χ2v) is 6.44. The van der Waals surface area contributed by atoms with Gasteiger partial charge in [0, 0.05) is 11.1 Å². The molecule has 0 saturated carbocycles. The number of nitrogens with zero attached hydrogens (tertiary/aromatic N) is 1. The van der Waals surface area contributed by atoms with Crippen molar-refractivity contribution in [3.8, 4) is 0 Å². The summed E-state index contributed by atoms with van der Waals surface area (Å²) in [4.78, 5) is 16.3. The lowest BCUT2D eigenvalue weighted by atomic mass is 10.2. The molecule has 26 heavy (non-hydrogen) atoms. The fourth-order valence-corrected chi connectivity index (χ4v) is 2.94. The third kappa shape index (κ3) is 4.33. The molecule has 1 aromatic heterocycles. The fraction of sp³-hybridized carbons (Fsp3) is 0.0588. The van der Waals surface area contributed by atoms with E-state index in [1.165, 1.54) is 23.5 Å². The number of amides is 1. The van der Waals surface area contributed by atoms with Crippen LogP contribution >= 0.6 is 22.9 Å². The molecule has 3 rings (SSSR count). The molecule has 0 spiro atoms. The summed E-state index contributed by atoms with van der Waals surface area (Å²) in [6.07, 6.45) is -4.42. The first-order valence-electron chi connectivity index (χ1n) is 7.28. The Kier molecular flexibility index (Phi) is 5.15. The predicted molar refractivity (Wildman–Crippen MR) is 96.2 cm³/mol. The first-order chi connectivity index (χ1) is 12.3. The van der Waals surface area contributed by atoms with E-state index in [4.69, 9.17) is 11.6 Å². The Labute approximate surface area is 155 Å². The number of carbonyl (C=O) groups is 1. The maximum absolute atomic E-state index is 12.5. The second-order valence-electron chi connectivity index (χ2n) is 5.17. The quantitative estimate of drug-likeness (QED) is 0.584. The highest BCUT2D eigenvalue weighted by molar-refractivity contribution is 7.14. The van der Waals surface area contributed by atoms with Crippen LogP contribution in [0.3, 0.4) is 0 Å². The Bertz CT molecular complexity index is 926. The number of hydrogen-bond donors (Lipinski definition) is 2. The van der Waals surface area contributed by atoms with E-state index in [1.54, 1.807) is 29.6 Å².